The molecule has 100 valence electrons. The van der Waals surface area contributed by atoms with Gasteiger partial charge in [-0.15, -0.1) is 0 Å². The quantitative estimate of drug-likeness (QED) is 0.846. The third-order valence-electron chi connectivity index (χ3n) is 2.60. The third kappa shape index (κ3) is 3.86. The second-order valence-corrected chi connectivity index (χ2v) is 5.73. The molecule has 0 spiro atoms. The average molecular weight is 361 g/mol. The second kappa shape index (κ2) is 6.62. The number of halogens is 3. The molecule has 0 amide bonds. The number of hydrogen-bond donors (Lipinski definition) is 1. The van der Waals surface area contributed by atoms with Crippen molar-refractivity contribution in [3.05, 3.63) is 62.5 Å². The zero-order chi connectivity index (χ0) is 13.8. The molecule has 0 bridgehead atoms. The van der Waals surface area contributed by atoms with Crippen LogP contribution in [0.2, 0.25) is 10.0 Å². The fraction of sp³-hybridized carbons (Fsp3) is 0.143. The van der Waals surface area contributed by atoms with E-state index < -0.39 is 0 Å². The molecule has 0 heterocycles. The van der Waals surface area contributed by atoms with Crippen molar-refractivity contribution in [3.63, 3.8) is 0 Å². The average Bonchev–Trinajstić information content (AvgIpc) is 2.39. The van der Waals surface area contributed by atoms with Crippen molar-refractivity contribution in [2.75, 3.05) is 6.54 Å². The predicted molar refractivity (Wildman–Crippen MR) is 83.0 cm³/mol. The van der Waals surface area contributed by atoms with Gasteiger partial charge in [-0.2, -0.15) is 0 Å². The molecule has 19 heavy (non-hydrogen) atoms. The molecule has 0 aromatic heterocycles. The van der Waals surface area contributed by atoms with Crippen LogP contribution < -0.4 is 10.5 Å². The van der Waals surface area contributed by atoms with Gasteiger partial charge >= 0.3 is 0 Å². The molecule has 2 nitrogen and oxygen atoms in total. The van der Waals surface area contributed by atoms with Crippen LogP contribution in [0.1, 0.15) is 11.7 Å². The van der Waals surface area contributed by atoms with E-state index in [-0.39, 0.29) is 6.10 Å². The minimum atomic E-state index is -0.270. The molecule has 2 aromatic carbocycles. The maximum Gasteiger partial charge on any atom is 0.140 e. The minimum Gasteiger partial charge on any atom is -0.483 e. The normalized spacial score (nSPS) is 12.2. The molecule has 0 aliphatic carbocycles. The highest BCUT2D eigenvalue weighted by molar-refractivity contribution is 9.10. The van der Waals surface area contributed by atoms with Crippen molar-refractivity contribution >= 4 is 39.1 Å². The Labute approximate surface area is 130 Å². The molecule has 0 aliphatic rings. The van der Waals surface area contributed by atoms with E-state index in [2.05, 4.69) is 15.9 Å². The Morgan fingerprint density at radius 1 is 1.16 bits per heavy atom. The highest BCUT2D eigenvalue weighted by Gasteiger charge is 2.14. The first-order valence-electron chi connectivity index (χ1n) is 5.67. The van der Waals surface area contributed by atoms with Gasteiger partial charge in [-0.25, -0.2) is 0 Å². The molecular formula is C14H12BrCl2NO. The van der Waals surface area contributed by atoms with Crippen LogP contribution in [-0.4, -0.2) is 6.54 Å². The first-order chi connectivity index (χ1) is 9.10. The van der Waals surface area contributed by atoms with Gasteiger partial charge in [-0.1, -0.05) is 51.3 Å². The van der Waals surface area contributed by atoms with Gasteiger partial charge in [0.1, 0.15) is 11.9 Å². The Hall–Kier alpha value is -0.740. The Kier molecular flexibility index (Phi) is 5.11. The standard InChI is InChI=1S/C14H12BrCl2NO/c15-10-3-1-2-9(6-10)14(8-18)19-13-7-11(16)4-5-12(13)17/h1-7,14H,8,18H2. The SMILES string of the molecule is NCC(Oc1cc(Cl)ccc1Cl)c1cccc(Br)c1. The zero-order valence-corrected chi connectivity index (χ0v) is 13.0. The van der Waals surface area contributed by atoms with Gasteiger partial charge in [0.05, 0.1) is 5.02 Å². The number of hydrogen-bond acceptors (Lipinski definition) is 2. The zero-order valence-electron chi connectivity index (χ0n) is 9.95. The van der Waals surface area contributed by atoms with Crippen molar-refractivity contribution < 1.29 is 4.74 Å². The second-order valence-electron chi connectivity index (χ2n) is 3.97. The molecule has 5 heteroatoms. The van der Waals surface area contributed by atoms with E-state index in [0.29, 0.717) is 22.3 Å². The first-order valence-corrected chi connectivity index (χ1v) is 7.22. The number of rotatable bonds is 4. The van der Waals surface area contributed by atoms with E-state index in [1.165, 1.54) is 0 Å². The van der Waals surface area contributed by atoms with Crippen molar-refractivity contribution in [1.29, 1.82) is 0 Å². The Morgan fingerprint density at radius 2 is 1.95 bits per heavy atom. The van der Waals surface area contributed by atoms with Crippen LogP contribution in [-0.2, 0) is 0 Å². The summed E-state index contributed by atoms with van der Waals surface area (Å²) in [5.41, 5.74) is 6.75. The summed E-state index contributed by atoms with van der Waals surface area (Å²) in [6.07, 6.45) is -0.270. The van der Waals surface area contributed by atoms with Gasteiger partial charge in [0.25, 0.3) is 0 Å². The van der Waals surface area contributed by atoms with Crippen molar-refractivity contribution in [1.82, 2.24) is 0 Å². The summed E-state index contributed by atoms with van der Waals surface area (Å²) in [6.45, 7) is 0.347. The smallest absolute Gasteiger partial charge is 0.140 e. The summed E-state index contributed by atoms with van der Waals surface area (Å²) < 4.78 is 6.83. The fourth-order valence-corrected chi connectivity index (χ4v) is 2.42. The summed E-state index contributed by atoms with van der Waals surface area (Å²) in [5, 5.41) is 1.09. The molecule has 0 saturated heterocycles. The predicted octanol–water partition coefficient (Wildman–Crippen LogP) is 4.83. The Morgan fingerprint density at radius 3 is 2.63 bits per heavy atom. The van der Waals surface area contributed by atoms with E-state index in [1.807, 2.05) is 24.3 Å². The molecule has 2 N–H and O–H groups in total. The van der Waals surface area contributed by atoms with Crippen LogP contribution in [0.5, 0.6) is 5.75 Å². The maximum absolute atomic E-state index is 6.08. The third-order valence-corrected chi connectivity index (χ3v) is 3.64. The highest BCUT2D eigenvalue weighted by atomic mass is 79.9. The molecule has 1 unspecified atom stereocenters. The highest BCUT2D eigenvalue weighted by Crippen LogP contribution is 2.31. The van der Waals surface area contributed by atoms with Gasteiger partial charge in [0.15, 0.2) is 0 Å². The lowest BCUT2D eigenvalue weighted by molar-refractivity contribution is 0.214. The van der Waals surface area contributed by atoms with Crippen LogP contribution in [0.15, 0.2) is 46.9 Å². The Bertz CT molecular complexity index is 577. The van der Waals surface area contributed by atoms with E-state index in [0.717, 1.165) is 10.0 Å². The lowest BCUT2D eigenvalue weighted by atomic mass is 10.1. The van der Waals surface area contributed by atoms with Gasteiger partial charge < -0.3 is 10.5 Å². The van der Waals surface area contributed by atoms with E-state index >= 15 is 0 Å². The van der Waals surface area contributed by atoms with Crippen LogP contribution >= 0.6 is 39.1 Å². The molecule has 0 radical (unpaired) electrons. The van der Waals surface area contributed by atoms with Crippen molar-refractivity contribution in [2.45, 2.75) is 6.10 Å². The number of nitrogens with two attached hydrogens (primary N) is 1. The van der Waals surface area contributed by atoms with Gasteiger partial charge in [-0.3, -0.25) is 0 Å². The largest absolute Gasteiger partial charge is 0.483 e. The summed E-state index contributed by atoms with van der Waals surface area (Å²) in [4.78, 5) is 0. The molecule has 0 fully saturated rings. The van der Waals surface area contributed by atoms with Crippen LogP contribution in [0.25, 0.3) is 0 Å². The monoisotopic (exact) mass is 359 g/mol. The summed E-state index contributed by atoms with van der Waals surface area (Å²) in [5.74, 6) is 0.532. The lowest BCUT2D eigenvalue weighted by Gasteiger charge is -2.19. The maximum atomic E-state index is 6.08. The Balaban J connectivity index is 2.26. The van der Waals surface area contributed by atoms with Crippen LogP contribution in [0.4, 0.5) is 0 Å². The molecule has 2 aromatic rings. The molecule has 0 saturated carbocycles. The van der Waals surface area contributed by atoms with Gasteiger partial charge in [0, 0.05) is 22.1 Å². The first kappa shape index (κ1) is 14.7. The van der Waals surface area contributed by atoms with E-state index in [4.69, 9.17) is 33.7 Å². The fourth-order valence-electron chi connectivity index (χ4n) is 1.68. The van der Waals surface area contributed by atoms with Crippen LogP contribution in [0.3, 0.4) is 0 Å². The van der Waals surface area contributed by atoms with Gasteiger partial charge in [0.2, 0.25) is 0 Å². The topological polar surface area (TPSA) is 35.2 Å². The lowest BCUT2D eigenvalue weighted by Crippen LogP contribution is -2.18. The summed E-state index contributed by atoms with van der Waals surface area (Å²) in [6, 6.07) is 12.9. The summed E-state index contributed by atoms with van der Waals surface area (Å²) >= 11 is 15.4. The number of ether oxygens (including phenoxy) is 1. The van der Waals surface area contributed by atoms with Crippen LogP contribution in [0, 0.1) is 0 Å². The number of benzene rings is 2. The van der Waals surface area contributed by atoms with Crippen molar-refractivity contribution in [2.24, 2.45) is 5.73 Å². The molecular weight excluding hydrogens is 349 g/mol. The minimum absolute atomic E-state index is 0.270. The summed E-state index contributed by atoms with van der Waals surface area (Å²) in [7, 11) is 0. The van der Waals surface area contributed by atoms with E-state index in [1.54, 1.807) is 18.2 Å². The molecule has 0 aliphatic heterocycles. The molecule has 2 rings (SSSR count). The van der Waals surface area contributed by atoms with Crippen molar-refractivity contribution in [3.8, 4) is 5.75 Å². The van der Waals surface area contributed by atoms with Gasteiger partial charge in [-0.05, 0) is 29.8 Å². The molecule has 1 atom stereocenters. The van der Waals surface area contributed by atoms with E-state index in [9.17, 15) is 0 Å².